The third-order valence-electron chi connectivity index (χ3n) is 2.40. The Hall–Kier alpha value is -0.850. The van der Waals surface area contributed by atoms with Crippen LogP contribution in [0.2, 0.25) is 5.02 Å². The molecule has 0 unspecified atom stereocenters. The lowest BCUT2D eigenvalue weighted by molar-refractivity contribution is 0.458. The van der Waals surface area contributed by atoms with E-state index in [0.717, 1.165) is 17.4 Å². The van der Waals surface area contributed by atoms with Crippen LogP contribution in [0.3, 0.4) is 0 Å². The van der Waals surface area contributed by atoms with Gasteiger partial charge in [-0.1, -0.05) is 34.5 Å². The zero-order chi connectivity index (χ0) is 14.5. The van der Waals surface area contributed by atoms with Crippen molar-refractivity contribution in [3.05, 3.63) is 38.5 Å². The molecule has 0 saturated heterocycles. The summed E-state index contributed by atoms with van der Waals surface area (Å²) in [5.41, 5.74) is 0. The van der Waals surface area contributed by atoms with E-state index in [2.05, 4.69) is 54.1 Å². The second-order valence-corrected chi connectivity index (χ2v) is 6.06. The van der Waals surface area contributed by atoms with Crippen LogP contribution in [0.1, 0.15) is 13.3 Å². The van der Waals surface area contributed by atoms with Gasteiger partial charge in [0.1, 0.15) is 22.4 Å². The van der Waals surface area contributed by atoms with E-state index in [0.29, 0.717) is 26.9 Å². The van der Waals surface area contributed by atoms with E-state index in [1.807, 2.05) is 6.07 Å². The monoisotopic (exact) mass is 419 g/mol. The van der Waals surface area contributed by atoms with Gasteiger partial charge in [0.2, 0.25) is 5.88 Å². The molecule has 0 radical (unpaired) electrons. The second-order valence-electron chi connectivity index (χ2n) is 3.94. The summed E-state index contributed by atoms with van der Waals surface area (Å²) in [6.45, 7) is 2.91. The van der Waals surface area contributed by atoms with Crippen molar-refractivity contribution >= 4 is 49.3 Å². The molecule has 2 rings (SSSR count). The van der Waals surface area contributed by atoms with Crippen LogP contribution in [0, 0.1) is 0 Å². The van der Waals surface area contributed by atoms with Gasteiger partial charge >= 0.3 is 0 Å². The molecule has 0 aliphatic heterocycles. The number of hydrogen-bond donors (Lipinski definition) is 1. The predicted octanol–water partition coefficient (Wildman–Crippen LogP) is 5.27. The van der Waals surface area contributed by atoms with Gasteiger partial charge in [-0.2, -0.15) is 0 Å². The number of aromatic nitrogens is 2. The Morgan fingerprint density at radius 2 is 2.10 bits per heavy atom. The molecular formula is C13H12Br2ClN3O. The smallest absolute Gasteiger partial charge is 0.238 e. The maximum absolute atomic E-state index is 6.10. The van der Waals surface area contributed by atoms with Gasteiger partial charge in [0, 0.05) is 11.0 Å². The van der Waals surface area contributed by atoms with E-state index in [1.165, 1.54) is 6.33 Å². The molecule has 4 nitrogen and oxygen atoms in total. The van der Waals surface area contributed by atoms with Crippen LogP contribution < -0.4 is 10.1 Å². The van der Waals surface area contributed by atoms with Gasteiger partial charge in [0.05, 0.1) is 5.02 Å². The average molecular weight is 422 g/mol. The molecule has 1 aromatic heterocycles. The summed E-state index contributed by atoms with van der Waals surface area (Å²) >= 11 is 12.9. The van der Waals surface area contributed by atoms with E-state index in [1.54, 1.807) is 12.1 Å². The Kier molecular flexibility index (Phi) is 5.63. The zero-order valence-electron chi connectivity index (χ0n) is 10.7. The molecule has 106 valence electrons. The number of hydrogen-bond acceptors (Lipinski definition) is 4. The molecule has 1 heterocycles. The molecule has 0 aliphatic rings. The Morgan fingerprint density at radius 1 is 1.30 bits per heavy atom. The second kappa shape index (κ2) is 7.24. The van der Waals surface area contributed by atoms with E-state index in [9.17, 15) is 0 Å². The molecule has 0 spiro atoms. The summed E-state index contributed by atoms with van der Waals surface area (Å²) in [4.78, 5) is 8.29. The van der Waals surface area contributed by atoms with Gasteiger partial charge in [0.25, 0.3) is 0 Å². The summed E-state index contributed by atoms with van der Waals surface area (Å²) in [6, 6.07) is 5.39. The highest BCUT2D eigenvalue weighted by molar-refractivity contribution is 9.11. The molecule has 0 bridgehead atoms. The molecule has 20 heavy (non-hydrogen) atoms. The van der Waals surface area contributed by atoms with Gasteiger partial charge in [-0.3, -0.25) is 0 Å². The van der Waals surface area contributed by atoms with Crippen LogP contribution in [0.4, 0.5) is 5.82 Å². The normalized spacial score (nSPS) is 10.4. The first-order chi connectivity index (χ1) is 9.61. The lowest BCUT2D eigenvalue weighted by Gasteiger charge is -2.11. The number of benzene rings is 1. The van der Waals surface area contributed by atoms with Crippen molar-refractivity contribution in [2.24, 2.45) is 0 Å². The van der Waals surface area contributed by atoms with Crippen molar-refractivity contribution in [2.45, 2.75) is 13.3 Å². The standard InChI is InChI=1S/C13H12Br2ClN3O/c1-2-5-17-12-11(15)13(19-7-18-12)20-10-6-8(14)3-4-9(10)16/h3-4,6-7H,2,5H2,1H3,(H,17,18,19). The molecule has 0 aliphatic carbocycles. The van der Waals surface area contributed by atoms with Gasteiger partial charge < -0.3 is 10.1 Å². The molecule has 1 N–H and O–H groups in total. The first-order valence-electron chi connectivity index (χ1n) is 5.99. The Bertz CT molecular complexity index is 610. The SMILES string of the molecule is CCCNc1ncnc(Oc2cc(Br)ccc2Cl)c1Br. The zero-order valence-corrected chi connectivity index (χ0v) is 14.6. The van der Waals surface area contributed by atoms with E-state index in [-0.39, 0.29) is 0 Å². The van der Waals surface area contributed by atoms with E-state index < -0.39 is 0 Å². The number of halogens is 3. The van der Waals surface area contributed by atoms with Crippen molar-refractivity contribution < 1.29 is 4.74 Å². The fourth-order valence-corrected chi connectivity index (χ4v) is 2.37. The molecule has 0 fully saturated rings. The number of ether oxygens (including phenoxy) is 1. The molecule has 0 saturated carbocycles. The largest absolute Gasteiger partial charge is 0.436 e. The third kappa shape index (κ3) is 3.84. The van der Waals surface area contributed by atoms with Crippen LogP contribution in [0.15, 0.2) is 33.5 Å². The average Bonchev–Trinajstić information content (AvgIpc) is 2.44. The summed E-state index contributed by atoms with van der Waals surface area (Å²) in [5, 5.41) is 3.71. The molecule has 2 aromatic rings. The van der Waals surface area contributed by atoms with Crippen LogP contribution in [0.5, 0.6) is 11.6 Å². The first-order valence-corrected chi connectivity index (χ1v) is 7.95. The summed E-state index contributed by atoms with van der Waals surface area (Å²) in [7, 11) is 0. The maximum atomic E-state index is 6.10. The summed E-state index contributed by atoms with van der Waals surface area (Å²) in [6.07, 6.45) is 2.45. The third-order valence-corrected chi connectivity index (χ3v) is 3.92. The quantitative estimate of drug-likeness (QED) is 0.715. The summed E-state index contributed by atoms with van der Waals surface area (Å²) < 4.78 is 7.29. The lowest BCUT2D eigenvalue weighted by atomic mass is 10.3. The molecule has 1 aromatic carbocycles. The maximum Gasteiger partial charge on any atom is 0.238 e. The van der Waals surface area contributed by atoms with Crippen LogP contribution >= 0.6 is 43.5 Å². The molecule has 7 heteroatoms. The number of nitrogens with zero attached hydrogens (tertiary/aromatic N) is 2. The number of rotatable bonds is 5. The molecule has 0 atom stereocenters. The highest BCUT2D eigenvalue weighted by atomic mass is 79.9. The highest BCUT2D eigenvalue weighted by Gasteiger charge is 2.12. The van der Waals surface area contributed by atoms with Gasteiger partial charge in [-0.05, 0) is 40.5 Å². The number of nitrogens with one attached hydrogen (secondary N) is 1. The minimum Gasteiger partial charge on any atom is -0.436 e. The fraction of sp³-hybridized carbons (Fsp3) is 0.231. The van der Waals surface area contributed by atoms with Gasteiger partial charge in [0.15, 0.2) is 0 Å². The number of anilines is 1. The van der Waals surface area contributed by atoms with Crippen molar-refractivity contribution in [2.75, 3.05) is 11.9 Å². The highest BCUT2D eigenvalue weighted by Crippen LogP contribution is 2.36. The lowest BCUT2D eigenvalue weighted by Crippen LogP contribution is -2.04. The summed E-state index contributed by atoms with van der Waals surface area (Å²) in [5.74, 6) is 1.64. The van der Waals surface area contributed by atoms with Crippen LogP contribution in [0.25, 0.3) is 0 Å². The topological polar surface area (TPSA) is 47.0 Å². The Morgan fingerprint density at radius 3 is 2.85 bits per heavy atom. The van der Waals surface area contributed by atoms with Crippen LogP contribution in [-0.2, 0) is 0 Å². The van der Waals surface area contributed by atoms with Crippen LogP contribution in [-0.4, -0.2) is 16.5 Å². The van der Waals surface area contributed by atoms with E-state index in [4.69, 9.17) is 16.3 Å². The minimum absolute atomic E-state index is 0.415. The van der Waals surface area contributed by atoms with Gasteiger partial charge in [-0.25, -0.2) is 9.97 Å². The van der Waals surface area contributed by atoms with Gasteiger partial charge in [-0.15, -0.1) is 0 Å². The van der Waals surface area contributed by atoms with Crippen molar-refractivity contribution in [3.63, 3.8) is 0 Å². The first kappa shape index (κ1) is 15.5. The van der Waals surface area contributed by atoms with Crippen molar-refractivity contribution in [3.8, 4) is 11.6 Å². The minimum atomic E-state index is 0.415. The fourth-order valence-electron chi connectivity index (χ4n) is 1.45. The molecule has 0 amide bonds. The molecular weight excluding hydrogens is 409 g/mol. The Labute approximate surface area is 139 Å². The van der Waals surface area contributed by atoms with Crippen molar-refractivity contribution in [1.29, 1.82) is 0 Å². The van der Waals surface area contributed by atoms with E-state index >= 15 is 0 Å². The Balaban J connectivity index is 2.27. The predicted molar refractivity (Wildman–Crippen MR) is 87.7 cm³/mol. The van der Waals surface area contributed by atoms with Crippen molar-refractivity contribution in [1.82, 2.24) is 9.97 Å².